The summed E-state index contributed by atoms with van der Waals surface area (Å²) in [5.41, 5.74) is 0. The lowest BCUT2D eigenvalue weighted by Crippen LogP contribution is -2.18. The Bertz CT molecular complexity index is 411. The Morgan fingerprint density at radius 1 is 1.60 bits per heavy atom. The maximum absolute atomic E-state index is 11.3. The minimum Gasteiger partial charge on any atom is -0.481 e. The van der Waals surface area contributed by atoms with E-state index in [9.17, 15) is 13.2 Å². The van der Waals surface area contributed by atoms with Gasteiger partial charge in [-0.15, -0.1) is 0 Å². The second-order valence-corrected chi connectivity index (χ2v) is 4.70. The van der Waals surface area contributed by atoms with Crippen molar-refractivity contribution in [1.82, 2.24) is 9.97 Å². The number of H-pyrrole nitrogens is 1. The Balaban J connectivity index is 2.43. The summed E-state index contributed by atoms with van der Waals surface area (Å²) in [6.07, 6.45) is 2.80. The molecule has 0 bridgehead atoms. The molecule has 0 saturated carbocycles. The van der Waals surface area contributed by atoms with Crippen LogP contribution in [0, 0.1) is 0 Å². The Kier molecular flexibility index (Phi) is 3.67. The molecule has 0 aliphatic carbocycles. The zero-order valence-corrected chi connectivity index (χ0v) is 8.62. The summed E-state index contributed by atoms with van der Waals surface area (Å²) in [4.78, 5) is 16.4. The van der Waals surface area contributed by atoms with Gasteiger partial charge in [0.2, 0.25) is 16.0 Å². The number of imidazole rings is 1. The lowest BCUT2D eigenvalue weighted by Gasteiger charge is -2.03. The fraction of sp³-hybridized carbons (Fsp3) is 0.429. The lowest BCUT2D eigenvalue weighted by molar-refractivity contribution is -0.137. The van der Waals surface area contributed by atoms with Gasteiger partial charge in [0.1, 0.15) is 0 Å². The first-order valence-electron chi connectivity index (χ1n) is 4.21. The number of rotatable bonds is 6. The number of carboxylic acids is 1. The number of sulfonamides is 1. The van der Waals surface area contributed by atoms with Crippen LogP contribution in [0.25, 0.3) is 0 Å². The van der Waals surface area contributed by atoms with Crippen molar-refractivity contribution in [3.8, 4) is 0 Å². The standard InChI is InChI=1S/C7H11N3O4S/c11-6(12)2-1-5-15(13,14)10-7-8-3-4-9-7/h3-4H,1-2,5H2,(H,11,12)(H2,8,9,10). The van der Waals surface area contributed by atoms with Crippen molar-refractivity contribution in [3.05, 3.63) is 12.4 Å². The molecule has 1 rings (SSSR count). The van der Waals surface area contributed by atoms with Crippen LogP contribution in [0.5, 0.6) is 0 Å². The topological polar surface area (TPSA) is 112 Å². The molecule has 0 atom stereocenters. The third-order valence-corrected chi connectivity index (χ3v) is 2.88. The molecule has 0 spiro atoms. The van der Waals surface area contributed by atoms with Crippen LogP contribution >= 0.6 is 0 Å². The van der Waals surface area contributed by atoms with Crippen LogP contribution in [-0.2, 0) is 14.8 Å². The summed E-state index contributed by atoms with van der Waals surface area (Å²) in [6, 6.07) is 0. The molecule has 0 saturated heterocycles. The van der Waals surface area contributed by atoms with Gasteiger partial charge < -0.3 is 10.1 Å². The minimum absolute atomic E-state index is 0.0748. The van der Waals surface area contributed by atoms with Crippen molar-refractivity contribution in [3.63, 3.8) is 0 Å². The number of aliphatic carboxylic acids is 1. The molecule has 0 radical (unpaired) electrons. The highest BCUT2D eigenvalue weighted by molar-refractivity contribution is 7.92. The van der Waals surface area contributed by atoms with Crippen molar-refractivity contribution in [2.24, 2.45) is 0 Å². The predicted octanol–water partition coefficient (Wildman–Crippen LogP) is 0.0162. The van der Waals surface area contributed by atoms with Gasteiger partial charge in [0.15, 0.2) is 0 Å². The summed E-state index contributed by atoms with van der Waals surface area (Å²) in [5, 5.41) is 8.33. The number of hydrogen-bond acceptors (Lipinski definition) is 4. The highest BCUT2D eigenvalue weighted by atomic mass is 32.2. The predicted molar refractivity (Wildman–Crippen MR) is 52.9 cm³/mol. The molecular formula is C7H11N3O4S. The smallest absolute Gasteiger partial charge is 0.303 e. The second kappa shape index (κ2) is 4.78. The van der Waals surface area contributed by atoms with Crippen molar-refractivity contribution in [1.29, 1.82) is 0 Å². The van der Waals surface area contributed by atoms with Crippen LogP contribution in [0.1, 0.15) is 12.8 Å². The molecule has 0 amide bonds. The molecule has 8 heteroatoms. The summed E-state index contributed by atoms with van der Waals surface area (Å²) >= 11 is 0. The minimum atomic E-state index is -3.51. The fourth-order valence-corrected chi connectivity index (χ4v) is 1.97. The van der Waals surface area contributed by atoms with Gasteiger partial charge >= 0.3 is 5.97 Å². The van der Waals surface area contributed by atoms with Crippen LogP contribution in [-0.4, -0.2) is 35.2 Å². The first-order valence-corrected chi connectivity index (χ1v) is 5.86. The van der Waals surface area contributed by atoms with E-state index in [1.807, 2.05) is 0 Å². The Morgan fingerprint density at radius 3 is 2.87 bits per heavy atom. The normalized spacial score (nSPS) is 11.2. The van der Waals surface area contributed by atoms with Crippen molar-refractivity contribution < 1.29 is 18.3 Å². The van der Waals surface area contributed by atoms with Gasteiger partial charge in [-0.05, 0) is 6.42 Å². The third-order valence-electron chi connectivity index (χ3n) is 1.55. The molecule has 7 nitrogen and oxygen atoms in total. The molecule has 1 aromatic heterocycles. The maximum Gasteiger partial charge on any atom is 0.303 e. The van der Waals surface area contributed by atoms with E-state index in [4.69, 9.17) is 5.11 Å². The molecular weight excluding hydrogens is 222 g/mol. The van der Waals surface area contributed by atoms with Gasteiger partial charge in [0.05, 0.1) is 5.75 Å². The summed E-state index contributed by atoms with van der Waals surface area (Å²) < 4.78 is 24.8. The molecule has 0 fully saturated rings. The first-order chi connectivity index (χ1) is 6.99. The molecule has 15 heavy (non-hydrogen) atoms. The monoisotopic (exact) mass is 233 g/mol. The van der Waals surface area contributed by atoms with E-state index >= 15 is 0 Å². The molecule has 0 aliphatic rings. The molecule has 1 aromatic rings. The molecule has 3 N–H and O–H groups in total. The number of aromatic nitrogens is 2. The summed E-state index contributed by atoms with van der Waals surface area (Å²) in [5.74, 6) is -1.12. The van der Waals surface area contributed by atoms with E-state index < -0.39 is 16.0 Å². The zero-order valence-electron chi connectivity index (χ0n) is 7.80. The summed E-state index contributed by atoms with van der Waals surface area (Å²) in [7, 11) is -3.51. The molecule has 0 aliphatic heterocycles. The van der Waals surface area contributed by atoms with E-state index in [-0.39, 0.29) is 24.5 Å². The number of nitrogens with zero attached hydrogens (tertiary/aromatic N) is 1. The van der Waals surface area contributed by atoms with Gasteiger partial charge in [-0.25, -0.2) is 13.4 Å². The largest absolute Gasteiger partial charge is 0.481 e. The lowest BCUT2D eigenvalue weighted by atomic mass is 10.3. The van der Waals surface area contributed by atoms with Crippen LogP contribution in [0.4, 0.5) is 5.95 Å². The summed E-state index contributed by atoms with van der Waals surface area (Å²) in [6.45, 7) is 0. The van der Waals surface area contributed by atoms with Crippen molar-refractivity contribution in [2.75, 3.05) is 10.5 Å². The molecule has 0 aromatic carbocycles. The highest BCUT2D eigenvalue weighted by Crippen LogP contribution is 2.02. The van der Waals surface area contributed by atoms with Gasteiger partial charge in [-0.2, -0.15) is 0 Å². The number of carboxylic acid groups (broad SMARTS) is 1. The van der Waals surface area contributed by atoms with E-state index in [1.165, 1.54) is 12.4 Å². The van der Waals surface area contributed by atoms with Gasteiger partial charge in [0.25, 0.3) is 0 Å². The molecule has 1 heterocycles. The number of carbonyl (C=O) groups is 1. The van der Waals surface area contributed by atoms with Gasteiger partial charge in [-0.3, -0.25) is 9.52 Å². The number of anilines is 1. The van der Waals surface area contributed by atoms with Crippen LogP contribution in [0.3, 0.4) is 0 Å². The van der Waals surface area contributed by atoms with Crippen LogP contribution in [0.15, 0.2) is 12.4 Å². The van der Waals surface area contributed by atoms with Crippen molar-refractivity contribution >= 4 is 21.9 Å². The molecule has 0 unspecified atom stereocenters. The number of aromatic amines is 1. The Labute approximate surface area is 86.6 Å². The van der Waals surface area contributed by atoms with Gasteiger partial charge in [-0.1, -0.05) is 0 Å². The average molecular weight is 233 g/mol. The zero-order chi connectivity index (χ0) is 11.3. The maximum atomic E-state index is 11.3. The van der Waals surface area contributed by atoms with Crippen molar-refractivity contribution in [2.45, 2.75) is 12.8 Å². The second-order valence-electron chi connectivity index (χ2n) is 2.86. The fourth-order valence-electron chi connectivity index (χ4n) is 0.933. The van der Waals surface area contributed by atoms with E-state index in [2.05, 4.69) is 14.7 Å². The quantitative estimate of drug-likeness (QED) is 0.641. The first kappa shape index (κ1) is 11.5. The average Bonchev–Trinajstić information content (AvgIpc) is 2.54. The Hall–Kier alpha value is -1.57. The van der Waals surface area contributed by atoms with Crippen LogP contribution in [0.2, 0.25) is 0 Å². The third kappa shape index (κ3) is 4.45. The number of nitrogens with one attached hydrogen (secondary N) is 2. The van der Waals surface area contributed by atoms with E-state index in [1.54, 1.807) is 0 Å². The number of hydrogen-bond donors (Lipinski definition) is 3. The van der Waals surface area contributed by atoms with E-state index in [0.717, 1.165) is 0 Å². The van der Waals surface area contributed by atoms with Crippen LogP contribution < -0.4 is 4.72 Å². The Morgan fingerprint density at radius 2 is 2.33 bits per heavy atom. The van der Waals surface area contributed by atoms with Gasteiger partial charge in [0, 0.05) is 18.8 Å². The SMILES string of the molecule is O=C(O)CCCS(=O)(=O)Nc1ncc[nH]1. The molecule has 84 valence electrons. The van der Waals surface area contributed by atoms with E-state index in [0.29, 0.717) is 0 Å². The highest BCUT2D eigenvalue weighted by Gasteiger charge is 2.12.